The zero-order valence-corrected chi connectivity index (χ0v) is 15.3. The molecule has 1 saturated heterocycles. The summed E-state index contributed by atoms with van der Waals surface area (Å²) in [5, 5.41) is 10.0. The summed E-state index contributed by atoms with van der Waals surface area (Å²) in [4.78, 5) is 16.4. The van der Waals surface area contributed by atoms with E-state index < -0.39 is 10.0 Å². The van der Waals surface area contributed by atoms with Gasteiger partial charge < -0.3 is 10.6 Å². The molecule has 1 atom stereocenters. The Balaban J connectivity index is 1.63. The lowest BCUT2D eigenvalue weighted by atomic mass is 10.2. The molecule has 9 nitrogen and oxygen atoms in total. The van der Waals surface area contributed by atoms with E-state index in [1.54, 1.807) is 23.9 Å². The van der Waals surface area contributed by atoms with Gasteiger partial charge in [-0.1, -0.05) is 6.07 Å². The number of hydrogen-bond donors (Lipinski definition) is 3. The van der Waals surface area contributed by atoms with E-state index in [1.807, 2.05) is 0 Å². The number of carbonyl (C=O) groups is 1. The van der Waals surface area contributed by atoms with E-state index in [0.717, 1.165) is 19.5 Å². The molecular weight excluding hydrogens is 356 g/mol. The molecule has 0 spiro atoms. The first-order valence-electron chi connectivity index (χ1n) is 8.40. The molecule has 1 amide bonds. The molecule has 2 heterocycles. The molecule has 1 aliphatic heterocycles. The molecule has 10 heteroatoms. The van der Waals surface area contributed by atoms with Crippen molar-refractivity contribution in [2.24, 2.45) is 7.05 Å². The second kappa shape index (κ2) is 7.94. The van der Waals surface area contributed by atoms with E-state index in [1.165, 1.54) is 18.5 Å². The molecular formula is C16H22N6O3S. The minimum absolute atomic E-state index is 0.0627. The van der Waals surface area contributed by atoms with Crippen molar-refractivity contribution in [1.82, 2.24) is 30.1 Å². The van der Waals surface area contributed by atoms with Gasteiger partial charge in [0.05, 0.1) is 4.90 Å². The maximum atomic E-state index is 12.5. The van der Waals surface area contributed by atoms with Crippen LogP contribution in [0.25, 0.3) is 0 Å². The molecule has 0 saturated carbocycles. The van der Waals surface area contributed by atoms with Crippen LogP contribution >= 0.6 is 0 Å². The van der Waals surface area contributed by atoms with Gasteiger partial charge in [0.15, 0.2) is 0 Å². The van der Waals surface area contributed by atoms with Gasteiger partial charge in [0.25, 0.3) is 5.91 Å². The normalized spacial score (nSPS) is 17.3. The Bertz CT molecular complexity index is 874. The van der Waals surface area contributed by atoms with Crippen molar-refractivity contribution in [3.63, 3.8) is 0 Å². The number of rotatable bonds is 7. The number of hydrogen-bond acceptors (Lipinski definition) is 6. The van der Waals surface area contributed by atoms with E-state index in [9.17, 15) is 13.2 Å². The van der Waals surface area contributed by atoms with Gasteiger partial charge in [0, 0.05) is 38.2 Å². The van der Waals surface area contributed by atoms with Gasteiger partial charge in [0.2, 0.25) is 10.0 Å². The Kier molecular flexibility index (Phi) is 5.64. The van der Waals surface area contributed by atoms with E-state index >= 15 is 0 Å². The van der Waals surface area contributed by atoms with E-state index in [4.69, 9.17) is 0 Å². The van der Waals surface area contributed by atoms with Crippen molar-refractivity contribution >= 4 is 15.9 Å². The monoisotopic (exact) mass is 378 g/mol. The first kappa shape index (κ1) is 18.5. The SMILES string of the molecule is Cn1ncnc1CCNS(=O)(=O)c1cccc(C(=O)N[C@@H]2CCNC2)c1. The van der Waals surface area contributed by atoms with E-state index in [-0.39, 0.29) is 23.4 Å². The highest BCUT2D eigenvalue weighted by molar-refractivity contribution is 7.89. The Hall–Kier alpha value is -2.30. The highest BCUT2D eigenvalue weighted by Gasteiger charge is 2.20. The Morgan fingerprint density at radius 1 is 1.42 bits per heavy atom. The fourth-order valence-electron chi connectivity index (χ4n) is 2.78. The van der Waals surface area contributed by atoms with Crippen LogP contribution in [0.15, 0.2) is 35.5 Å². The third-order valence-electron chi connectivity index (χ3n) is 4.25. The van der Waals surface area contributed by atoms with E-state index in [0.29, 0.717) is 17.8 Å². The molecule has 3 rings (SSSR count). The van der Waals surface area contributed by atoms with Crippen LogP contribution in [-0.4, -0.2) is 54.8 Å². The highest BCUT2D eigenvalue weighted by atomic mass is 32.2. The van der Waals surface area contributed by atoms with Gasteiger partial charge in [-0.2, -0.15) is 5.10 Å². The summed E-state index contributed by atoms with van der Waals surface area (Å²) in [6, 6.07) is 6.11. The molecule has 0 aliphatic carbocycles. The van der Waals surface area contributed by atoms with Crippen LogP contribution in [0, 0.1) is 0 Å². The van der Waals surface area contributed by atoms with E-state index in [2.05, 4.69) is 25.4 Å². The molecule has 1 aromatic heterocycles. The molecule has 1 aliphatic rings. The Morgan fingerprint density at radius 2 is 2.27 bits per heavy atom. The maximum Gasteiger partial charge on any atom is 0.251 e. The van der Waals surface area contributed by atoms with Crippen LogP contribution in [0.1, 0.15) is 22.6 Å². The van der Waals surface area contributed by atoms with Crippen LogP contribution in [0.2, 0.25) is 0 Å². The predicted molar refractivity (Wildman–Crippen MR) is 95.1 cm³/mol. The van der Waals surface area contributed by atoms with Crippen LogP contribution in [0.5, 0.6) is 0 Å². The summed E-state index contributed by atoms with van der Waals surface area (Å²) in [6.45, 7) is 1.79. The molecule has 0 unspecified atom stereocenters. The summed E-state index contributed by atoms with van der Waals surface area (Å²) in [5.74, 6) is 0.417. The standard InChI is InChI=1S/C16H22N6O3S/c1-22-15(18-11-19-22)6-8-20-26(24,25)14-4-2-3-12(9-14)16(23)21-13-5-7-17-10-13/h2-4,9,11,13,17,20H,5-8,10H2,1H3,(H,21,23)/t13-/m1/s1. The lowest BCUT2D eigenvalue weighted by molar-refractivity contribution is 0.0940. The van der Waals surface area contributed by atoms with Gasteiger partial charge in [-0.05, 0) is 31.2 Å². The lowest BCUT2D eigenvalue weighted by Gasteiger charge is -2.12. The fourth-order valence-corrected chi connectivity index (χ4v) is 3.86. The van der Waals surface area contributed by atoms with Crippen LogP contribution < -0.4 is 15.4 Å². The van der Waals surface area contributed by atoms with Gasteiger partial charge in [0.1, 0.15) is 12.2 Å². The minimum Gasteiger partial charge on any atom is -0.348 e. The molecule has 1 aromatic carbocycles. The minimum atomic E-state index is -3.71. The molecule has 2 aromatic rings. The van der Waals surface area contributed by atoms with Gasteiger partial charge in [-0.15, -0.1) is 0 Å². The van der Waals surface area contributed by atoms with Gasteiger partial charge >= 0.3 is 0 Å². The average molecular weight is 378 g/mol. The van der Waals surface area contributed by atoms with Crippen LogP contribution in [0.3, 0.4) is 0 Å². The number of aryl methyl sites for hydroxylation is 1. The zero-order chi connectivity index (χ0) is 18.6. The summed E-state index contributed by atoms with van der Waals surface area (Å²) in [7, 11) is -1.96. The molecule has 0 radical (unpaired) electrons. The molecule has 140 valence electrons. The summed E-state index contributed by atoms with van der Waals surface area (Å²) in [6.07, 6.45) is 2.71. The van der Waals surface area contributed by atoms with Crippen molar-refractivity contribution in [1.29, 1.82) is 0 Å². The quantitative estimate of drug-likeness (QED) is 0.594. The third kappa shape index (κ3) is 4.45. The fraction of sp³-hybridized carbons (Fsp3) is 0.438. The maximum absolute atomic E-state index is 12.5. The first-order valence-corrected chi connectivity index (χ1v) is 9.88. The number of nitrogens with one attached hydrogen (secondary N) is 3. The number of aromatic nitrogens is 3. The van der Waals surface area contributed by atoms with Crippen LogP contribution in [-0.2, 0) is 23.5 Å². The molecule has 1 fully saturated rings. The van der Waals surface area contributed by atoms with Crippen molar-refractivity contribution in [2.45, 2.75) is 23.8 Å². The average Bonchev–Trinajstić information content (AvgIpc) is 3.27. The number of benzene rings is 1. The van der Waals surface area contributed by atoms with Gasteiger partial charge in [-0.25, -0.2) is 18.1 Å². The smallest absolute Gasteiger partial charge is 0.251 e. The third-order valence-corrected chi connectivity index (χ3v) is 5.71. The number of sulfonamides is 1. The largest absolute Gasteiger partial charge is 0.348 e. The lowest BCUT2D eigenvalue weighted by Crippen LogP contribution is -2.36. The summed E-state index contributed by atoms with van der Waals surface area (Å²) >= 11 is 0. The molecule has 3 N–H and O–H groups in total. The molecule has 0 bridgehead atoms. The second-order valence-electron chi connectivity index (χ2n) is 6.14. The number of carbonyl (C=O) groups excluding carboxylic acids is 1. The van der Waals surface area contributed by atoms with Gasteiger partial charge in [-0.3, -0.25) is 9.48 Å². The predicted octanol–water partition coefficient (Wildman–Crippen LogP) is -0.572. The second-order valence-corrected chi connectivity index (χ2v) is 7.91. The van der Waals surface area contributed by atoms with Crippen molar-refractivity contribution in [3.05, 3.63) is 42.0 Å². The highest BCUT2D eigenvalue weighted by Crippen LogP contribution is 2.12. The zero-order valence-electron chi connectivity index (χ0n) is 14.5. The first-order chi connectivity index (χ1) is 12.5. The van der Waals surface area contributed by atoms with Crippen LogP contribution in [0.4, 0.5) is 0 Å². The van der Waals surface area contributed by atoms with Crippen molar-refractivity contribution in [2.75, 3.05) is 19.6 Å². The van der Waals surface area contributed by atoms with Crippen molar-refractivity contribution in [3.8, 4) is 0 Å². The number of nitrogens with zero attached hydrogens (tertiary/aromatic N) is 3. The molecule has 26 heavy (non-hydrogen) atoms. The van der Waals surface area contributed by atoms with Crippen molar-refractivity contribution < 1.29 is 13.2 Å². The summed E-state index contributed by atoms with van der Waals surface area (Å²) < 4.78 is 29.1. The Morgan fingerprint density at radius 3 is 2.96 bits per heavy atom. The summed E-state index contributed by atoms with van der Waals surface area (Å²) in [5.41, 5.74) is 0.327. The number of amides is 1. The Labute approximate surface area is 152 Å². The topological polar surface area (TPSA) is 118 Å².